The van der Waals surface area contributed by atoms with Crippen molar-refractivity contribution in [2.24, 2.45) is 7.05 Å². The van der Waals surface area contributed by atoms with Crippen LogP contribution in [0.1, 0.15) is 22.5 Å². The number of halogens is 1. The number of aromatic nitrogens is 2. The molecule has 0 radical (unpaired) electrons. The zero-order valence-electron chi connectivity index (χ0n) is 13.8. The quantitative estimate of drug-likeness (QED) is 0.854. The molecule has 0 aliphatic carbocycles. The first-order valence-corrected chi connectivity index (χ1v) is 8.24. The maximum atomic E-state index is 6.04. The molecule has 0 bridgehead atoms. The van der Waals surface area contributed by atoms with E-state index in [2.05, 4.69) is 30.3 Å². The van der Waals surface area contributed by atoms with Crippen LogP contribution in [0.3, 0.4) is 0 Å². The number of fused-ring (bicyclic) bond motifs is 1. The highest BCUT2D eigenvalue weighted by Crippen LogP contribution is 2.28. The summed E-state index contributed by atoms with van der Waals surface area (Å²) in [6.07, 6.45) is 3.15. The van der Waals surface area contributed by atoms with Gasteiger partial charge < -0.3 is 10.1 Å². The lowest BCUT2D eigenvalue weighted by atomic mass is 10.1. The van der Waals surface area contributed by atoms with Gasteiger partial charge in [0.2, 0.25) is 0 Å². The fraction of sp³-hybridized carbons (Fsp3) is 0.389. The molecule has 1 aliphatic rings. The summed E-state index contributed by atoms with van der Waals surface area (Å²) in [6, 6.07) is 5.72. The van der Waals surface area contributed by atoms with Crippen molar-refractivity contribution in [2.75, 3.05) is 19.7 Å². The Morgan fingerprint density at radius 3 is 2.91 bits per heavy atom. The molecular weight excluding hydrogens is 310 g/mol. The second-order valence-corrected chi connectivity index (χ2v) is 6.41. The number of benzene rings is 1. The van der Waals surface area contributed by atoms with E-state index in [1.54, 1.807) is 0 Å². The molecule has 3 rings (SSSR count). The second-order valence-electron chi connectivity index (χ2n) is 5.97. The third kappa shape index (κ3) is 3.59. The van der Waals surface area contributed by atoms with E-state index in [0.29, 0.717) is 6.61 Å². The Kier molecular flexibility index (Phi) is 4.74. The van der Waals surface area contributed by atoms with Crippen LogP contribution in [-0.2, 0) is 13.5 Å². The molecule has 0 saturated heterocycles. The summed E-state index contributed by atoms with van der Waals surface area (Å²) < 4.78 is 7.71. The van der Waals surface area contributed by atoms with Crippen molar-refractivity contribution >= 4 is 17.7 Å². The highest BCUT2D eigenvalue weighted by molar-refractivity contribution is 6.30. The summed E-state index contributed by atoms with van der Waals surface area (Å²) in [5, 5.41) is 8.69. The van der Waals surface area contributed by atoms with Crippen molar-refractivity contribution in [3.8, 4) is 5.75 Å². The minimum atomic E-state index is 0.632. The smallest absolute Gasteiger partial charge is 0.127 e. The van der Waals surface area contributed by atoms with Gasteiger partial charge in [-0.25, -0.2) is 0 Å². The molecule has 2 aromatic rings. The Bertz CT molecular complexity index is 749. The lowest BCUT2D eigenvalue weighted by Crippen LogP contribution is -2.24. The van der Waals surface area contributed by atoms with E-state index in [9.17, 15) is 0 Å². The largest absolute Gasteiger partial charge is 0.489 e. The summed E-state index contributed by atoms with van der Waals surface area (Å²) in [6.45, 7) is 6.57. The van der Waals surface area contributed by atoms with Crippen molar-refractivity contribution in [2.45, 2.75) is 20.3 Å². The Balaban J connectivity index is 1.55. The predicted octanol–water partition coefficient (Wildman–Crippen LogP) is 3.30. The van der Waals surface area contributed by atoms with Gasteiger partial charge in [0.15, 0.2) is 0 Å². The van der Waals surface area contributed by atoms with Gasteiger partial charge in [0.1, 0.15) is 12.4 Å². The summed E-state index contributed by atoms with van der Waals surface area (Å²) in [4.78, 5) is 0. The number of aryl methyl sites for hydroxylation is 2. The predicted molar refractivity (Wildman–Crippen MR) is 94.2 cm³/mol. The molecule has 0 fully saturated rings. The number of nitrogens with one attached hydrogen (secondary N) is 1. The van der Waals surface area contributed by atoms with Crippen LogP contribution in [-0.4, -0.2) is 29.5 Å². The van der Waals surface area contributed by atoms with E-state index in [1.165, 1.54) is 16.8 Å². The molecule has 122 valence electrons. The SMILES string of the molecule is Cc1nn(C)c(C)c1CCNCC1=Cc2cc(Cl)ccc2OC1. The average molecular weight is 332 g/mol. The zero-order valence-corrected chi connectivity index (χ0v) is 14.6. The minimum Gasteiger partial charge on any atom is -0.489 e. The number of hydrogen-bond donors (Lipinski definition) is 1. The van der Waals surface area contributed by atoms with Gasteiger partial charge in [-0.05, 0) is 62.2 Å². The molecule has 2 heterocycles. The first kappa shape index (κ1) is 16.1. The van der Waals surface area contributed by atoms with Crippen LogP contribution in [0.15, 0.2) is 23.8 Å². The Morgan fingerprint density at radius 2 is 2.17 bits per heavy atom. The standard InChI is InChI=1S/C18H22ClN3O/c1-12-17(13(2)22(3)21-12)6-7-20-10-14-8-15-9-16(19)4-5-18(15)23-11-14/h4-5,8-9,20H,6-7,10-11H2,1-3H3. The topological polar surface area (TPSA) is 39.1 Å². The van der Waals surface area contributed by atoms with Gasteiger partial charge in [-0.15, -0.1) is 0 Å². The molecule has 0 saturated carbocycles. The molecule has 0 amide bonds. The Hall–Kier alpha value is -1.78. The van der Waals surface area contributed by atoms with Crippen LogP contribution in [0.5, 0.6) is 5.75 Å². The van der Waals surface area contributed by atoms with Gasteiger partial charge >= 0.3 is 0 Å². The molecule has 0 spiro atoms. The highest BCUT2D eigenvalue weighted by atomic mass is 35.5. The zero-order chi connectivity index (χ0) is 16.4. The number of ether oxygens (including phenoxy) is 1. The maximum absolute atomic E-state index is 6.04. The minimum absolute atomic E-state index is 0.632. The molecule has 0 unspecified atom stereocenters. The van der Waals surface area contributed by atoms with Gasteiger partial charge in [-0.2, -0.15) is 5.10 Å². The monoisotopic (exact) mass is 331 g/mol. The molecular formula is C18H22ClN3O. The third-order valence-corrected chi connectivity index (χ3v) is 4.54. The van der Waals surface area contributed by atoms with E-state index in [1.807, 2.05) is 29.9 Å². The van der Waals surface area contributed by atoms with E-state index in [-0.39, 0.29) is 0 Å². The Morgan fingerprint density at radius 1 is 1.35 bits per heavy atom. The van der Waals surface area contributed by atoms with Crippen molar-refractivity contribution in [3.05, 3.63) is 51.3 Å². The van der Waals surface area contributed by atoms with Crippen molar-refractivity contribution in [3.63, 3.8) is 0 Å². The normalized spacial score (nSPS) is 13.5. The van der Waals surface area contributed by atoms with Gasteiger partial charge in [0.25, 0.3) is 0 Å². The van der Waals surface area contributed by atoms with E-state index < -0.39 is 0 Å². The summed E-state index contributed by atoms with van der Waals surface area (Å²) >= 11 is 6.04. The van der Waals surface area contributed by atoms with Crippen molar-refractivity contribution in [1.29, 1.82) is 0 Å². The maximum Gasteiger partial charge on any atom is 0.127 e. The van der Waals surface area contributed by atoms with E-state index in [4.69, 9.17) is 16.3 Å². The van der Waals surface area contributed by atoms with Gasteiger partial charge in [0.05, 0.1) is 5.69 Å². The Labute approximate surface area is 142 Å². The fourth-order valence-corrected chi connectivity index (χ4v) is 3.12. The van der Waals surface area contributed by atoms with Crippen LogP contribution < -0.4 is 10.1 Å². The first-order valence-electron chi connectivity index (χ1n) is 7.86. The summed E-state index contributed by atoms with van der Waals surface area (Å²) in [5.74, 6) is 0.903. The average Bonchev–Trinajstić information content (AvgIpc) is 2.76. The van der Waals surface area contributed by atoms with Crippen LogP contribution in [0.25, 0.3) is 6.08 Å². The van der Waals surface area contributed by atoms with Crippen LogP contribution in [0.2, 0.25) is 5.02 Å². The first-order chi connectivity index (χ1) is 11.0. The molecule has 5 heteroatoms. The third-order valence-electron chi connectivity index (χ3n) is 4.31. The highest BCUT2D eigenvalue weighted by Gasteiger charge is 2.12. The fourth-order valence-electron chi connectivity index (χ4n) is 2.94. The van der Waals surface area contributed by atoms with Crippen LogP contribution in [0.4, 0.5) is 0 Å². The number of nitrogens with zero attached hydrogens (tertiary/aromatic N) is 2. The molecule has 4 nitrogen and oxygen atoms in total. The summed E-state index contributed by atoms with van der Waals surface area (Å²) in [7, 11) is 1.99. The van der Waals surface area contributed by atoms with Crippen LogP contribution >= 0.6 is 11.6 Å². The lowest BCUT2D eigenvalue weighted by Gasteiger charge is -2.18. The molecule has 1 aliphatic heterocycles. The molecule has 0 atom stereocenters. The van der Waals surface area contributed by atoms with Gasteiger partial charge in [-0.3, -0.25) is 4.68 Å². The number of rotatable bonds is 5. The molecule has 1 aromatic carbocycles. The van der Waals surface area contributed by atoms with Crippen molar-refractivity contribution < 1.29 is 4.74 Å². The number of hydrogen-bond acceptors (Lipinski definition) is 3. The molecule has 1 N–H and O–H groups in total. The van der Waals surface area contributed by atoms with Gasteiger partial charge in [-0.1, -0.05) is 11.6 Å². The van der Waals surface area contributed by atoms with Crippen molar-refractivity contribution in [1.82, 2.24) is 15.1 Å². The molecule has 1 aromatic heterocycles. The summed E-state index contributed by atoms with van der Waals surface area (Å²) in [5.41, 5.74) is 5.99. The van der Waals surface area contributed by atoms with E-state index in [0.717, 1.165) is 41.5 Å². The lowest BCUT2D eigenvalue weighted by molar-refractivity contribution is 0.343. The van der Waals surface area contributed by atoms with Gasteiger partial charge in [0, 0.05) is 29.9 Å². The molecule has 23 heavy (non-hydrogen) atoms. The van der Waals surface area contributed by atoms with Crippen LogP contribution in [0, 0.1) is 13.8 Å². The second kappa shape index (κ2) is 6.77. The van der Waals surface area contributed by atoms with E-state index >= 15 is 0 Å².